The van der Waals surface area contributed by atoms with E-state index in [0.29, 0.717) is 0 Å². The summed E-state index contributed by atoms with van der Waals surface area (Å²) in [4.78, 5) is 3.72. The molecule has 0 bridgehead atoms. The van der Waals surface area contributed by atoms with Gasteiger partial charge in [0.1, 0.15) is 0 Å². The molecule has 2 saturated carbocycles. The second-order valence-corrected chi connectivity index (χ2v) is 9.81. The van der Waals surface area contributed by atoms with Crippen molar-refractivity contribution in [3.05, 3.63) is 0 Å². The number of nitrogens with one attached hydrogen (secondary N) is 1. The average molecular weight is 256 g/mol. The van der Waals surface area contributed by atoms with Gasteiger partial charge < -0.3 is 15.1 Å². The Morgan fingerprint density at radius 3 is 1.76 bits per heavy atom. The second kappa shape index (κ2) is 5.82. The summed E-state index contributed by atoms with van der Waals surface area (Å²) in [5.74, 6) is 0. The maximum atomic E-state index is 6.16. The van der Waals surface area contributed by atoms with Crippen LogP contribution in [0.25, 0.3) is 0 Å². The molecule has 0 aliphatic heterocycles. The molecule has 0 amide bonds. The van der Waals surface area contributed by atoms with E-state index in [1.807, 2.05) is 7.11 Å². The largest absolute Gasteiger partial charge is 0.406 e. The van der Waals surface area contributed by atoms with Crippen LogP contribution in [0.4, 0.5) is 0 Å². The molecule has 1 unspecified atom stereocenters. The molecule has 0 radical (unpaired) electrons. The molecule has 1 atom stereocenters. The van der Waals surface area contributed by atoms with Crippen LogP contribution in [-0.4, -0.2) is 21.8 Å². The van der Waals surface area contributed by atoms with E-state index in [-0.39, 0.29) is 6.17 Å². The van der Waals surface area contributed by atoms with Crippen molar-refractivity contribution < 1.29 is 4.43 Å². The van der Waals surface area contributed by atoms with Crippen LogP contribution in [0, 0.1) is 0 Å². The Morgan fingerprint density at radius 2 is 1.47 bits per heavy atom. The summed E-state index contributed by atoms with van der Waals surface area (Å²) in [5.41, 5.74) is 7.62. The van der Waals surface area contributed by atoms with Gasteiger partial charge in [-0.2, -0.15) is 0 Å². The Hall–Kier alpha value is 0.0969. The molecular formula is C13H28N2OSi. The molecule has 2 rings (SSSR count). The van der Waals surface area contributed by atoms with Crippen molar-refractivity contribution in [2.75, 3.05) is 7.11 Å². The van der Waals surface area contributed by atoms with Gasteiger partial charge in [0.25, 0.3) is 8.48 Å². The molecule has 4 heteroatoms. The SMILES string of the molecule is CO[Si](NC(C)N)(C1CCCC1)C1CCCC1. The van der Waals surface area contributed by atoms with Crippen LogP contribution in [-0.2, 0) is 4.43 Å². The summed E-state index contributed by atoms with van der Waals surface area (Å²) in [7, 11) is 0.0874. The predicted octanol–water partition coefficient (Wildman–Crippen LogP) is 2.86. The van der Waals surface area contributed by atoms with Gasteiger partial charge in [-0.15, -0.1) is 0 Å². The maximum Gasteiger partial charge on any atom is 0.275 e. The molecule has 0 aromatic heterocycles. The molecule has 2 aliphatic carbocycles. The van der Waals surface area contributed by atoms with Gasteiger partial charge in [-0.3, -0.25) is 0 Å². The summed E-state index contributed by atoms with van der Waals surface area (Å²) in [6, 6.07) is 0. The molecule has 17 heavy (non-hydrogen) atoms. The summed E-state index contributed by atoms with van der Waals surface area (Å²) in [5, 5.41) is 0. The number of hydrogen-bond donors (Lipinski definition) is 2. The van der Waals surface area contributed by atoms with Crippen LogP contribution >= 0.6 is 0 Å². The molecule has 0 spiro atoms. The summed E-state index contributed by atoms with van der Waals surface area (Å²) < 4.78 is 6.16. The van der Waals surface area contributed by atoms with Gasteiger partial charge in [0.15, 0.2) is 0 Å². The van der Waals surface area contributed by atoms with Crippen LogP contribution in [0.5, 0.6) is 0 Å². The van der Waals surface area contributed by atoms with Gasteiger partial charge in [-0.1, -0.05) is 25.7 Å². The number of hydrogen-bond acceptors (Lipinski definition) is 3. The number of rotatable bonds is 5. The van der Waals surface area contributed by atoms with Crippen molar-refractivity contribution >= 4 is 8.48 Å². The number of nitrogens with two attached hydrogens (primary N) is 1. The molecule has 2 fully saturated rings. The lowest BCUT2D eigenvalue weighted by atomic mass is 10.3. The minimum absolute atomic E-state index is 0.0721. The van der Waals surface area contributed by atoms with Crippen LogP contribution < -0.4 is 10.7 Å². The Kier molecular flexibility index (Phi) is 4.63. The minimum atomic E-state index is -1.84. The lowest BCUT2D eigenvalue weighted by molar-refractivity contribution is 0.336. The molecule has 0 saturated heterocycles. The van der Waals surface area contributed by atoms with E-state index in [4.69, 9.17) is 10.2 Å². The van der Waals surface area contributed by atoms with Gasteiger partial charge in [0.05, 0.1) is 0 Å². The minimum Gasteiger partial charge on any atom is -0.406 e. The van der Waals surface area contributed by atoms with Crippen molar-refractivity contribution in [3.63, 3.8) is 0 Å². The highest BCUT2D eigenvalue weighted by atomic mass is 28.4. The predicted molar refractivity (Wildman–Crippen MR) is 74.0 cm³/mol. The average Bonchev–Trinajstić information content (AvgIpc) is 2.97. The first-order valence-corrected chi connectivity index (χ1v) is 9.34. The molecule has 3 N–H and O–H groups in total. The monoisotopic (exact) mass is 256 g/mol. The standard InChI is InChI=1S/C13H28N2OSi/c1-11(14)15-17(16-2,12-7-3-4-8-12)13-9-5-6-10-13/h11-13,15H,3-10,14H2,1-2H3. The van der Waals surface area contributed by atoms with Crippen LogP contribution in [0.2, 0.25) is 11.1 Å². The first-order chi connectivity index (χ1) is 8.19. The van der Waals surface area contributed by atoms with E-state index < -0.39 is 8.48 Å². The van der Waals surface area contributed by atoms with E-state index in [2.05, 4.69) is 11.9 Å². The van der Waals surface area contributed by atoms with E-state index in [9.17, 15) is 0 Å². The first-order valence-electron chi connectivity index (χ1n) is 7.27. The molecule has 0 aromatic rings. The van der Waals surface area contributed by atoms with E-state index in [1.54, 1.807) is 0 Å². The fraction of sp³-hybridized carbons (Fsp3) is 1.00. The molecule has 2 aliphatic rings. The zero-order valence-electron chi connectivity index (χ0n) is 11.4. The smallest absolute Gasteiger partial charge is 0.275 e. The first kappa shape index (κ1) is 13.5. The Morgan fingerprint density at radius 1 is 1.06 bits per heavy atom. The third kappa shape index (κ3) is 2.75. The molecule has 0 aromatic carbocycles. The van der Waals surface area contributed by atoms with Crippen LogP contribution in [0.1, 0.15) is 58.3 Å². The molecule has 3 nitrogen and oxygen atoms in total. The zero-order valence-corrected chi connectivity index (χ0v) is 12.4. The fourth-order valence-corrected chi connectivity index (χ4v) is 9.19. The Balaban J connectivity index is 2.17. The Labute approximate surface area is 107 Å². The van der Waals surface area contributed by atoms with Gasteiger partial charge in [-0.05, 0) is 43.7 Å². The molecule has 0 heterocycles. The fourth-order valence-electron chi connectivity index (χ4n) is 4.03. The quantitative estimate of drug-likeness (QED) is 0.587. The van der Waals surface area contributed by atoms with Crippen molar-refractivity contribution in [2.45, 2.75) is 75.5 Å². The highest BCUT2D eigenvalue weighted by molar-refractivity contribution is 6.74. The van der Waals surface area contributed by atoms with Crippen LogP contribution in [0.3, 0.4) is 0 Å². The highest BCUT2D eigenvalue weighted by Gasteiger charge is 2.51. The summed E-state index contributed by atoms with van der Waals surface area (Å²) in [6.45, 7) is 2.06. The third-order valence-corrected chi connectivity index (χ3v) is 9.88. The van der Waals surface area contributed by atoms with Crippen molar-refractivity contribution in [1.82, 2.24) is 4.98 Å². The van der Waals surface area contributed by atoms with Gasteiger partial charge in [-0.25, -0.2) is 0 Å². The highest BCUT2D eigenvalue weighted by Crippen LogP contribution is 2.48. The van der Waals surface area contributed by atoms with E-state index in [0.717, 1.165) is 11.1 Å². The topological polar surface area (TPSA) is 47.3 Å². The van der Waals surface area contributed by atoms with Gasteiger partial charge in [0, 0.05) is 13.3 Å². The molecular weight excluding hydrogens is 228 g/mol. The van der Waals surface area contributed by atoms with Crippen molar-refractivity contribution in [2.24, 2.45) is 5.73 Å². The second-order valence-electron chi connectivity index (χ2n) is 5.89. The van der Waals surface area contributed by atoms with Gasteiger partial charge >= 0.3 is 0 Å². The van der Waals surface area contributed by atoms with Crippen molar-refractivity contribution in [3.8, 4) is 0 Å². The lowest BCUT2D eigenvalue weighted by Crippen LogP contribution is -2.63. The Bertz CT molecular complexity index is 220. The van der Waals surface area contributed by atoms with Gasteiger partial charge in [0.2, 0.25) is 0 Å². The van der Waals surface area contributed by atoms with E-state index >= 15 is 0 Å². The lowest BCUT2D eigenvalue weighted by Gasteiger charge is -2.41. The van der Waals surface area contributed by atoms with Crippen molar-refractivity contribution in [1.29, 1.82) is 0 Å². The normalized spacial score (nSPS) is 25.6. The molecule has 100 valence electrons. The van der Waals surface area contributed by atoms with E-state index in [1.165, 1.54) is 51.4 Å². The third-order valence-electron chi connectivity index (χ3n) is 4.71. The summed E-state index contributed by atoms with van der Waals surface area (Å²) >= 11 is 0. The summed E-state index contributed by atoms with van der Waals surface area (Å²) in [6.07, 6.45) is 11.0. The maximum absolute atomic E-state index is 6.16. The zero-order chi connectivity index (χ0) is 12.3. The van der Waals surface area contributed by atoms with Crippen LogP contribution in [0.15, 0.2) is 0 Å².